The van der Waals surface area contributed by atoms with Crippen molar-refractivity contribution < 1.29 is 4.74 Å². The highest BCUT2D eigenvalue weighted by Crippen LogP contribution is 2.50. The summed E-state index contributed by atoms with van der Waals surface area (Å²) in [5.41, 5.74) is 4.81. The molecular weight excluding hydrogens is 465 g/mol. The third-order valence-electron chi connectivity index (χ3n) is 6.11. The van der Waals surface area contributed by atoms with E-state index in [-0.39, 0.29) is 0 Å². The van der Waals surface area contributed by atoms with Crippen molar-refractivity contribution in [3.05, 3.63) is 77.5 Å². The molecule has 3 heterocycles. The SMILES string of the molecule is ClC(Cl)(Cl)C1c2cc3ccccc3nc2C=C(c2ccccc2)N1CCN1CCOCC1. The Labute approximate surface area is 203 Å². The fourth-order valence-electron chi connectivity index (χ4n) is 4.54. The molecule has 0 N–H and O–H groups in total. The van der Waals surface area contributed by atoms with E-state index in [1.165, 1.54) is 0 Å². The van der Waals surface area contributed by atoms with Gasteiger partial charge in [-0.1, -0.05) is 83.3 Å². The summed E-state index contributed by atoms with van der Waals surface area (Å²) in [4.78, 5) is 9.56. The lowest BCUT2D eigenvalue weighted by Gasteiger charge is -2.43. The van der Waals surface area contributed by atoms with E-state index in [4.69, 9.17) is 44.5 Å². The summed E-state index contributed by atoms with van der Waals surface area (Å²) in [5, 5.41) is 1.04. The van der Waals surface area contributed by atoms with Crippen LogP contribution in [-0.2, 0) is 4.74 Å². The van der Waals surface area contributed by atoms with Gasteiger partial charge in [-0.25, -0.2) is 4.98 Å². The van der Waals surface area contributed by atoms with Crippen LogP contribution in [0.25, 0.3) is 22.7 Å². The molecule has 4 nitrogen and oxygen atoms in total. The molecule has 3 aromatic rings. The van der Waals surface area contributed by atoms with Gasteiger partial charge in [-0.2, -0.15) is 0 Å². The number of fused-ring (bicyclic) bond motifs is 2. The molecule has 32 heavy (non-hydrogen) atoms. The Morgan fingerprint density at radius 3 is 2.41 bits per heavy atom. The zero-order valence-electron chi connectivity index (χ0n) is 17.6. The average molecular weight is 489 g/mol. The van der Waals surface area contributed by atoms with E-state index in [2.05, 4.69) is 34.1 Å². The van der Waals surface area contributed by atoms with Crippen LogP contribution in [-0.4, -0.2) is 58.0 Å². The van der Waals surface area contributed by atoms with Crippen LogP contribution in [0.5, 0.6) is 0 Å². The molecule has 0 radical (unpaired) electrons. The number of morpholine rings is 1. The Balaban J connectivity index is 1.62. The summed E-state index contributed by atoms with van der Waals surface area (Å²) in [5.74, 6) is 0. The summed E-state index contributed by atoms with van der Waals surface area (Å²) in [7, 11) is 0. The van der Waals surface area contributed by atoms with Crippen molar-refractivity contribution in [2.75, 3.05) is 39.4 Å². The fraction of sp³-hybridized carbons (Fsp3) is 0.320. The maximum absolute atomic E-state index is 6.66. The van der Waals surface area contributed by atoms with Gasteiger partial charge in [-0.3, -0.25) is 4.90 Å². The molecule has 2 aliphatic heterocycles. The van der Waals surface area contributed by atoms with Crippen LogP contribution >= 0.6 is 34.8 Å². The maximum Gasteiger partial charge on any atom is 0.214 e. The van der Waals surface area contributed by atoms with Crippen molar-refractivity contribution >= 4 is 57.5 Å². The zero-order chi connectivity index (χ0) is 22.1. The number of rotatable bonds is 4. The first-order valence-corrected chi connectivity index (χ1v) is 11.9. The van der Waals surface area contributed by atoms with Crippen LogP contribution in [0.15, 0.2) is 60.7 Å². The van der Waals surface area contributed by atoms with Crippen LogP contribution in [0, 0.1) is 0 Å². The van der Waals surface area contributed by atoms with E-state index in [0.717, 1.165) is 72.8 Å². The number of hydrogen-bond donors (Lipinski definition) is 0. The standard InChI is InChI=1S/C25H24Cl3N3O/c26-25(27,28)24-20-16-19-8-4-5-9-21(19)29-22(20)17-23(18-6-2-1-3-7-18)31(24)11-10-30-12-14-32-15-13-30/h1-9,16-17,24H,10-15H2. The molecule has 1 fully saturated rings. The number of aromatic nitrogens is 1. The normalized spacial score (nSPS) is 19.7. The zero-order valence-corrected chi connectivity index (χ0v) is 19.8. The molecular formula is C25H24Cl3N3O. The fourth-order valence-corrected chi connectivity index (χ4v) is 5.24. The number of nitrogens with zero attached hydrogens (tertiary/aromatic N) is 3. The van der Waals surface area contributed by atoms with Crippen molar-refractivity contribution in [3.63, 3.8) is 0 Å². The van der Waals surface area contributed by atoms with E-state index >= 15 is 0 Å². The Kier molecular flexibility index (Phi) is 6.33. The molecule has 2 aromatic carbocycles. The third-order valence-corrected chi connectivity index (χ3v) is 6.73. The van der Waals surface area contributed by atoms with Gasteiger partial charge in [0, 0.05) is 42.8 Å². The predicted molar refractivity (Wildman–Crippen MR) is 133 cm³/mol. The summed E-state index contributed by atoms with van der Waals surface area (Å²) in [6.45, 7) is 4.94. The first kappa shape index (κ1) is 22.0. The van der Waals surface area contributed by atoms with Crippen molar-refractivity contribution in [2.24, 2.45) is 0 Å². The molecule has 0 aliphatic carbocycles. The summed E-state index contributed by atoms with van der Waals surface area (Å²) >= 11 is 20.0. The second kappa shape index (κ2) is 9.20. The average Bonchev–Trinajstić information content (AvgIpc) is 2.81. The molecule has 0 amide bonds. The number of halogens is 3. The molecule has 1 atom stereocenters. The third kappa shape index (κ3) is 4.48. The minimum atomic E-state index is -1.53. The summed E-state index contributed by atoms with van der Waals surface area (Å²) in [6.07, 6.45) is 2.13. The lowest BCUT2D eigenvalue weighted by Crippen LogP contribution is -2.45. The molecule has 0 saturated carbocycles. The Hall–Kier alpha value is -1.82. The highest BCUT2D eigenvalue weighted by atomic mass is 35.6. The van der Waals surface area contributed by atoms with Crippen molar-refractivity contribution in [1.82, 2.24) is 14.8 Å². The minimum Gasteiger partial charge on any atom is -0.379 e. The van der Waals surface area contributed by atoms with E-state index < -0.39 is 9.83 Å². The van der Waals surface area contributed by atoms with Gasteiger partial charge >= 0.3 is 0 Å². The number of hydrogen-bond acceptors (Lipinski definition) is 4. The summed E-state index contributed by atoms with van der Waals surface area (Å²) in [6, 6.07) is 20.0. The molecule has 7 heteroatoms. The van der Waals surface area contributed by atoms with Crippen LogP contribution in [0.2, 0.25) is 0 Å². The van der Waals surface area contributed by atoms with Crippen molar-refractivity contribution in [1.29, 1.82) is 0 Å². The van der Waals surface area contributed by atoms with E-state index in [1.54, 1.807) is 0 Å². The van der Waals surface area contributed by atoms with E-state index in [9.17, 15) is 0 Å². The first-order chi connectivity index (χ1) is 15.5. The number of pyridine rings is 1. The molecule has 2 aliphatic rings. The topological polar surface area (TPSA) is 28.6 Å². The quantitative estimate of drug-likeness (QED) is 0.435. The first-order valence-electron chi connectivity index (χ1n) is 10.8. The number of ether oxygens (including phenoxy) is 1. The highest BCUT2D eigenvalue weighted by molar-refractivity contribution is 6.68. The van der Waals surface area contributed by atoms with Gasteiger partial charge in [-0.05, 0) is 23.8 Å². The molecule has 1 aromatic heterocycles. The maximum atomic E-state index is 6.66. The van der Waals surface area contributed by atoms with Gasteiger partial charge < -0.3 is 9.64 Å². The van der Waals surface area contributed by atoms with Crippen LogP contribution < -0.4 is 0 Å². The van der Waals surface area contributed by atoms with Crippen molar-refractivity contribution in [2.45, 2.75) is 9.83 Å². The van der Waals surface area contributed by atoms with Gasteiger partial charge in [0.25, 0.3) is 0 Å². The molecule has 1 unspecified atom stereocenters. The smallest absolute Gasteiger partial charge is 0.214 e. The van der Waals surface area contributed by atoms with Crippen LogP contribution in [0.1, 0.15) is 22.9 Å². The molecule has 0 bridgehead atoms. The molecule has 5 rings (SSSR count). The lowest BCUT2D eigenvalue weighted by molar-refractivity contribution is 0.0342. The van der Waals surface area contributed by atoms with E-state index in [0.29, 0.717) is 0 Å². The van der Waals surface area contributed by atoms with E-state index in [1.807, 2.05) is 42.5 Å². The minimum absolute atomic E-state index is 0.458. The monoisotopic (exact) mass is 487 g/mol. The second-order valence-electron chi connectivity index (χ2n) is 8.14. The largest absolute Gasteiger partial charge is 0.379 e. The van der Waals surface area contributed by atoms with Gasteiger partial charge in [0.05, 0.1) is 24.4 Å². The molecule has 0 spiro atoms. The van der Waals surface area contributed by atoms with Crippen LogP contribution in [0.4, 0.5) is 0 Å². The second-order valence-corrected chi connectivity index (χ2v) is 10.5. The highest BCUT2D eigenvalue weighted by Gasteiger charge is 2.43. The number of alkyl halides is 3. The molecule has 1 saturated heterocycles. The van der Waals surface area contributed by atoms with Crippen molar-refractivity contribution in [3.8, 4) is 0 Å². The van der Waals surface area contributed by atoms with Crippen LogP contribution in [0.3, 0.4) is 0 Å². The predicted octanol–water partition coefficient (Wildman–Crippen LogP) is 5.79. The van der Waals surface area contributed by atoms with Gasteiger partial charge in [0.15, 0.2) is 0 Å². The van der Waals surface area contributed by atoms with Gasteiger partial charge in [0.1, 0.15) is 6.04 Å². The number of benzene rings is 2. The Bertz CT molecular complexity index is 1120. The van der Waals surface area contributed by atoms with Gasteiger partial charge in [0.2, 0.25) is 3.79 Å². The lowest BCUT2D eigenvalue weighted by atomic mass is 9.94. The Morgan fingerprint density at radius 1 is 0.938 bits per heavy atom. The summed E-state index contributed by atoms with van der Waals surface area (Å²) < 4.78 is 3.98. The number of para-hydroxylation sites is 1. The Morgan fingerprint density at radius 2 is 1.66 bits per heavy atom. The molecule has 166 valence electrons. The van der Waals surface area contributed by atoms with Gasteiger partial charge in [-0.15, -0.1) is 0 Å².